The van der Waals surface area contributed by atoms with Crippen molar-refractivity contribution in [2.45, 2.75) is 58.9 Å². The van der Waals surface area contributed by atoms with Crippen molar-refractivity contribution in [2.75, 3.05) is 6.54 Å². The van der Waals surface area contributed by atoms with Crippen LogP contribution in [-0.4, -0.2) is 12.6 Å². The molecule has 1 saturated heterocycles. The van der Waals surface area contributed by atoms with Crippen LogP contribution in [0.4, 0.5) is 0 Å². The molecule has 0 aromatic rings. The third kappa shape index (κ3) is 2.22. The monoisotopic (exact) mass is 169 g/mol. The molecule has 2 aliphatic rings. The molecule has 0 aromatic heterocycles. The van der Waals surface area contributed by atoms with Gasteiger partial charge in [-0.1, -0.05) is 20.8 Å². The SMILES string of the molecule is CC.CCC1CC2(CCN1)CC2. The molecule has 0 aromatic carbocycles. The van der Waals surface area contributed by atoms with Gasteiger partial charge in [-0.25, -0.2) is 0 Å². The van der Waals surface area contributed by atoms with Crippen LogP contribution in [0.2, 0.25) is 0 Å². The van der Waals surface area contributed by atoms with Crippen LogP contribution in [0.5, 0.6) is 0 Å². The van der Waals surface area contributed by atoms with Crippen LogP contribution >= 0.6 is 0 Å². The average Bonchev–Trinajstić information content (AvgIpc) is 2.88. The number of piperidine rings is 1. The second kappa shape index (κ2) is 4.27. The fraction of sp³-hybridized carbons (Fsp3) is 1.00. The van der Waals surface area contributed by atoms with Crippen LogP contribution in [0.3, 0.4) is 0 Å². The maximum atomic E-state index is 3.56. The smallest absolute Gasteiger partial charge is 0.00697 e. The topological polar surface area (TPSA) is 12.0 Å². The molecule has 1 unspecified atom stereocenters. The molecule has 2 rings (SSSR count). The highest BCUT2D eigenvalue weighted by atomic mass is 14.9. The van der Waals surface area contributed by atoms with Crippen molar-refractivity contribution >= 4 is 0 Å². The van der Waals surface area contributed by atoms with E-state index in [2.05, 4.69) is 12.2 Å². The summed E-state index contributed by atoms with van der Waals surface area (Å²) in [5.41, 5.74) is 0.839. The van der Waals surface area contributed by atoms with Gasteiger partial charge in [0.1, 0.15) is 0 Å². The fourth-order valence-corrected chi connectivity index (χ4v) is 2.16. The summed E-state index contributed by atoms with van der Waals surface area (Å²) in [4.78, 5) is 0. The van der Waals surface area contributed by atoms with Gasteiger partial charge in [-0.2, -0.15) is 0 Å². The van der Waals surface area contributed by atoms with Gasteiger partial charge in [-0.05, 0) is 44.1 Å². The molecule has 72 valence electrons. The van der Waals surface area contributed by atoms with E-state index in [1.807, 2.05) is 13.8 Å². The van der Waals surface area contributed by atoms with Crippen LogP contribution in [0.1, 0.15) is 52.9 Å². The molecule has 2 fully saturated rings. The third-order valence-electron chi connectivity index (χ3n) is 3.22. The highest BCUT2D eigenvalue weighted by Gasteiger charge is 2.45. The lowest BCUT2D eigenvalue weighted by Gasteiger charge is -2.29. The molecule has 0 radical (unpaired) electrons. The molecule has 1 spiro atoms. The zero-order valence-corrected chi connectivity index (χ0v) is 8.82. The van der Waals surface area contributed by atoms with Crippen LogP contribution in [-0.2, 0) is 0 Å². The quantitative estimate of drug-likeness (QED) is 0.636. The van der Waals surface area contributed by atoms with Crippen molar-refractivity contribution in [3.8, 4) is 0 Å². The van der Waals surface area contributed by atoms with Gasteiger partial charge in [0, 0.05) is 6.04 Å². The standard InChI is InChI=1S/C9H17N.C2H6/c1-2-8-7-9(3-4-9)5-6-10-8;1-2/h8,10H,2-7H2,1H3;1-2H3. The average molecular weight is 169 g/mol. The van der Waals surface area contributed by atoms with Crippen molar-refractivity contribution in [3.63, 3.8) is 0 Å². The van der Waals surface area contributed by atoms with Gasteiger partial charge >= 0.3 is 0 Å². The summed E-state index contributed by atoms with van der Waals surface area (Å²) in [5.74, 6) is 0. The summed E-state index contributed by atoms with van der Waals surface area (Å²) in [7, 11) is 0. The molecule has 0 bridgehead atoms. The Hall–Kier alpha value is -0.0400. The van der Waals surface area contributed by atoms with E-state index in [1.165, 1.54) is 38.6 Å². The lowest BCUT2D eigenvalue weighted by molar-refractivity contribution is 0.278. The molecule has 1 heterocycles. The van der Waals surface area contributed by atoms with Crippen LogP contribution in [0, 0.1) is 5.41 Å². The highest BCUT2D eigenvalue weighted by molar-refractivity contribution is 4.98. The second-order valence-corrected chi connectivity index (χ2v) is 4.01. The van der Waals surface area contributed by atoms with E-state index in [0.29, 0.717) is 0 Å². The third-order valence-corrected chi connectivity index (χ3v) is 3.22. The zero-order chi connectivity index (χ0) is 9.03. The van der Waals surface area contributed by atoms with E-state index in [4.69, 9.17) is 0 Å². The van der Waals surface area contributed by atoms with Gasteiger partial charge in [-0.15, -0.1) is 0 Å². The van der Waals surface area contributed by atoms with Gasteiger partial charge in [0.15, 0.2) is 0 Å². The van der Waals surface area contributed by atoms with E-state index in [9.17, 15) is 0 Å². The molecular formula is C11H23N. The number of nitrogens with one attached hydrogen (secondary N) is 1. The number of hydrogen-bond donors (Lipinski definition) is 1. The van der Waals surface area contributed by atoms with Crippen LogP contribution in [0.15, 0.2) is 0 Å². The van der Waals surface area contributed by atoms with Gasteiger partial charge in [-0.3, -0.25) is 0 Å². The summed E-state index contributed by atoms with van der Waals surface area (Å²) < 4.78 is 0. The highest BCUT2D eigenvalue weighted by Crippen LogP contribution is 2.53. The molecule has 0 amide bonds. The van der Waals surface area contributed by atoms with Crippen LogP contribution < -0.4 is 5.32 Å². The maximum Gasteiger partial charge on any atom is 0.00697 e. The van der Waals surface area contributed by atoms with E-state index in [0.717, 1.165) is 11.5 Å². The lowest BCUT2D eigenvalue weighted by atomic mass is 9.88. The Balaban J connectivity index is 0.000000336. The molecule has 1 saturated carbocycles. The van der Waals surface area contributed by atoms with E-state index < -0.39 is 0 Å². The zero-order valence-electron chi connectivity index (χ0n) is 8.82. The second-order valence-electron chi connectivity index (χ2n) is 4.01. The summed E-state index contributed by atoms with van der Waals surface area (Å²) in [6.45, 7) is 7.57. The van der Waals surface area contributed by atoms with E-state index in [-0.39, 0.29) is 0 Å². The van der Waals surface area contributed by atoms with Crippen molar-refractivity contribution in [1.82, 2.24) is 5.32 Å². The van der Waals surface area contributed by atoms with Gasteiger partial charge in [0.2, 0.25) is 0 Å². The fourth-order valence-electron chi connectivity index (χ4n) is 2.16. The van der Waals surface area contributed by atoms with Gasteiger partial charge < -0.3 is 5.32 Å². The first kappa shape index (κ1) is 10.0. The first-order valence-corrected chi connectivity index (χ1v) is 5.58. The molecule has 1 heteroatoms. The Kier molecular flexibility index (Phi) is 3.57. The van der Waals surface area contributed by atoms with Crippen molar-refractivity contribution in [2.24, 2.45) is 5.41 Å². The van der Waals surface area contributed by atoms with E-state index in [1.54, 1.807) is 0 Å². The van der Waals surface area contributed by atoms with Crippen molar-refractivity contribution < 1.29 is 0 Å². The Bertz CT molecular complexity index is 127. The van der Waals surface area contributed by atoms with Crippen LogP contribution in [0.25, 0.3) is 0 Å². The predicted octanol–water partition coefficient (Wildman–Crippen LogP) is 2.95. The molecule has 1 nitrogen and oxygen atoms in total. The Morgan fingerprint density at radius 3 is 2.42 bits per heavy atom. The minimum Gasteiger partial charge on any atom is -0.314 e. The van der Waals surface area contributed by atoms with E-state index >= 15 is 0 Å². The van der Waals surface area contributed by atoms with Crippen molar-refractivity contribution in [1.29, 1.82) is 0 Å². The summed E-state index contributed by atoms with van der Waals surface area (Å²) in [6, 6.07) is 0.844. The number of hydrogen-bond acceptors (Lipinski definition) is 1. The van der Waals surface area contributed by atoms with Crippen molar-refractivity contribution in [3.05, 3.63) is 0 Å². The summed E-state index contributed by atoms with van der Waals surface area (Å²) in [6.07, 6.45) is 7.27. The molecule has 1 aliphatic heterocycles. The lowest BCUT2D eigenvalue weighted by Crippen LogP contribution is -2.38. The number of rotatable bonds is 1. The maximum absolute atomic E-state index is 3.56. The molecular weight excluding hydrogens is 146 g/mol. The Labute approximate surface area is 76.9 Å². The normalized spacial score (nSPS) is 30.8. The molecule has 12 heavy (non-hydrogen) atoms. The molecule has 1 aliphatic carbocycles. The minimum atomic E-state index is 0.839. The first-order chi connectivity index (χ1) is 5.85. The summed E-state index contributed by atoms with van der Waals surface area (Å²) in [5, 5.41) is 3.56. The molecule has 1 N–H and O–H groups in total. The molecule has 1 atom stereocenters. The van der Waals surface area contributed by atoms with Gasteiger partial charge in [0.25, 0.3) is 0 Å². The minimum absolute atomic E-state index is 0.839. The first-order valence-electron chi connectivity index (χ1n) is 5.58. The van der Waals surface area contributed by atoms with Gasteiger partial charge in [0.05, 0.1) is 0 Å². The Morgan fingerprint density at radius 1 is 1.25 bits per heavy atom. The predicted molar refractivity (Wildman–Crippen MR) is 54.3 cm³/mol. The largest absolute Gasteiger partial charge is 0.314 e. The Morgan fingerprint density at radius 2 is 1.92 bits per heavy atom. The summed E-state index contributed by atoms with van der Waals surface area (Å²) >= 11 is 0.